The first kappa shape index (κ1) is 24.6. The Bertz CT molecular complexity index is 938. The van der Waals surface area contributed by atoms with Crippen molar-refractivity contribution in [2.75, 3.05) is 40.8 Å². The van der Waals surface area contributed by atoms with E-state index in [9.17, 15) is 14.0 Å². The van der Waals surface area contributed by atoms with E-state index in [0.29, 0.717) is 25.2 Å². The number of halogens is 1. The summed E-state index contributed by atoms with van der Waals surface area (Å²) in [5, 5.41) is 0. The molecule has 1 aliphatic rings. The first-order valence-electron chi connectivity index (χ1n) is 11.5. The second kappa shape index (κ2) is 11.8. The van der Waals surface area contributed by atoms with Crippen LogP contribution in [0.15, 0.2) is 66.5 Å². The van der Waals surface area contributed by atoms with Crippen LogP contribution in [0.2, 0.25) is 0 Å². The molecule has 0 N–H and O–H groups in total. The zero-order valence-corrected chi connectivity index (χ0v) is 19.8. The Balaban J connectivity index is 1.67. The molecule has 5 nitrogen and oxygen atoms in total. The number of carbonyl (C=O) groups is 2. The van der Waals surface area contributed by atoms with Gasteiger partial charge in [-0.25, -0.2) is 4.39 Å². The number of nitrogens with zero attached hydrogens (tertiary/aromatic N) is 3. The van der Waals surface area contributed by atoms with Gasteiger partial charge >= 0.3 is 0 Å². The average Bonchev–Trinajstić information content (AvgIpc) is 2.82. The molecule has 0 aliphatic carbocycles. The molecule has 2 aromatic carbocycles. The monoisotopic (exact) mass is 451 g/mol. The summed E-state index contributed by atoms with van der Waals surface area (Å²) in [6, 6.07) is 19.2. The van der Waals surface area contributed by atoms with Crippen molar-refractivity contribution < 1.29 is 14.0 Å². The predicted molar refractivity (Wildman–Crippen MR) is 130 cm³/mol. The molecule has 1 atom stereocenters. The number of hydrogen-bond acceptors (Lipinski definition) is 3. The van der Waals surface area contributed by atoms with Gasteiger partial charge in [-0.05, 0) is 56.5 Å². The molecular formula is C27H34FN3O2. The highest BCUT2D eigenvalue weighted by Crippen LogP contribution is 2.27. The third-order valence-corrected chi connectivity index (χ3v) is 6.30. The summed E-state index contributed by atoms with van der Waals surface area (Å²) in [6.45, 7) is 1.33. The lowest BCUT2D eigenvalue weighted by Crippen LogP contribution is -2.50. The largest absolute Gasteiger partial charge is 0.341 e. The van der Waals surface area contributed by atoms with Gasteiger partial charge in [0.05, 0.1) is 6.54 Å². The van der Waals surface area contributed by atoms with Crippen molar-refractivity contribution in [1.82, 2.24) is 14.7 Å². The standard InChI is InChI=1S/C27H34FN3O2/c1-29(2)20-26(32)30(3)25(19-22-12-8-5-9-13-22)23-14-16-31(17-15-23)27(33)24(28)18-21-10-6-4-7-11-21/h4-13,18,23,25H,14-17,19-20H2,1-3H3/b24-18-/t25-/m1/s1. The van der Waals surface area contributed by atoms with E-state index < -0.39 is 11.7 Å². The van der Waals surface area contributed by atoms with Crippen molar-refractivity contribution in [2.24, 2.45) is 5.92 Å². The number of hydrogen-bond donors (Lipinski definition) is 0. The molecule has 1 heterocycles. The quantitative estimate of drug-likeness (QED) is 0.573. The second-order valence-electron chi connectivity index (χ2n) is 9.03. The Morgan fingerprint density at radius 1 is 1.00 bits per heavy atom. The molecule has 0 spiro atoms. The van der Waals surface area contributed by atoms with E-state index >= 15 is 0 Å². The number of benzene rings is 2. The number of likely N-dealkylation sites (N-methyl/N-ethyl adjacent to an activating group) is 2. The van der Waals surface area contributed by atoms with Crippen molar-refractivity contribution in [2.45, 2.75) is 25.3 Å². The van der Waals surface area contributed by atoms with Gasteiger partial charge in [0.25, 0.3) is 5.91 Å². The van der Waals surface area contributed by atoms with Gasteiger partial charge in [-0.15, -0.1) is 0 Å². The van der Waals surface area contributed by atoms with Crippen molar-refractivity contribution in [3.05, 3.63) is 77.6 Å². The van der Waals surface area contributed by atoms with E-state index in [2.05, 4.69) is 12.1 Å². The van der Waals surface area contributed by atoms with Crippen LogP contribution >= 0.6 is 0 Å². The minimum atomic E-state index is -0.737. The Morgan fingerprint density at radius 2 is 1.58 bits per heavy atom. The summed E-state index contributed by atoms with van der Waals surface area (Å²) in [4.78, 5) is 30.8. The number of piperidine rings is 1. The fourth-order valence-electron chi connectivity index (χ4n) is 4.44. The summed E-state index contributed by atoms with van der Waals surface area (Å²) in [6.07, 6.45) is 3.53. The van der Waals surface area contributed by atoms with Crippen molar-refractivity contribution in [1.29, 1.82) is 0 Å². The number of likely N-dealkylation sites (tertiary alicyclic amines) is 1. The Hall–Kier alpha value is -2.99. The van der Waals surface area contributed by atoms with Crippen LogP contribution in [-0.2, 0) is 16.0 Å². The SMILES string of the molecule is CN(C)CC(=O)N(C)[C@H](Cc1ccccc1)C1CCN(C(=O)/C(F)=C/c2ccccc2)CC1. The molecule has 1 fully saturated rings. The fraction of sp³-hybridized carbons (Fsp3) is 0.407. The summed E-state index contributed by atoms with van der Waals surface area (Å²) >= 11 is 0. The maximum Gasteiger partial charge on any atom is 0.282 e. The fourth-order valence-corrected chi connectivity index (χ4v) is 4.44. The van der Waals surface area contributed by atoms with E-state index in [1.165, 1.54) is 11.6 Å². The first-order valence-corrected chi connectivity index (χ1v) is 11.5. The third-order valence-electron chi connectivity index (χ3n) is 6.30. The molecule has 6 heteroatoms. The third kappa shape index (κ3) is 6.99. The maximum absolute atomic E-state index is 14.6. The minimum absolute atomic E-state index is 0.0295. The van der Waals surface area contributed by atoms with Crippen LogP contribution < -0.4 is 0 Å². The van der Waals surface area contributed by atoms with Gasteiger partial charge in [-0.3, -0.25) is 9.59 Å². The topological polar surface area (TPSA) is 43.9 Å². The Kier molecular flexibility index (Phi) is 8.78. The van der Waals surface area contributed by atoms with Gasteiger partial charge in [0.15, 0.2) is 5.83 Å². The lowest BCUT2D eigenvalue weighted by Gasteiger charge is -2.40. The molecule has 0 saturated carbocycles. The van der Waals surface area contributed by atoms with Crippen LogP contribution in [0, 0.1) is 5.92 Å². The van der Waals surface area contributed by atoms with Gasteiger partial charge in [0.2, 0.25) is 5.91 Å². The summed E-state index contributed by atoms with van der Waals surface area (Å²) in [7, 11) is 5.65. The number of rotatable bonds is 8. The molecule has 0 radical (unpaired) electrons. The zero-order valence-electron chi connectivity index (χ0n) is 19.8. The van der Waals surface area contributed by atoms with Crippen LogP contribution in [0.25, 0.3) is 6.08 Å². The number of amides is 2. The molecule has 0 aromatic heterocycles. The number of carbonyl (C=O) groups excluding carboxylic acids is 2. The lowest BCUT2D eigenvalue weighted by atomic mass is 9.85. The minimum Gasteiger partial charge on any atom is -0.341 e. The molecular weight excluding hydrogens is 417 g/mol. The zero-order chi connectivity index (χ0) is 23.8. The molecule has 2 aromatic rings. The average molecular weight is 452 g/mol. The molecule has 33 heavy (non-hydrogen) atoms. The normalized spacial score (nSPS) is 16.0. The molecule has 2 amide bonds. The predicted octanol–water partition coefficient (Wildman–Crippen LogP) is 3.87. The van der Waals surface area contributed by atoms with E-state index in [4.69, 9.17) is 0 Å². The summed E-state index contributed by atoms with van der Waals surface area (Å²) in [5.41, 5.74) is 1.85. The van der Waals surface area contributed by atoms with Crippen LogP contribution in [0.1, 0.15) is 24.0 Å². The maximum atomic E-state index is 14.6. The van der Waals surface area contributed by atoms with Crippen LogP contribution in [0.3, 0.4) is 0 Å². The smallest absolute Gasteiger partial charge is 0.282 e. The summed E-state index contributed by atoms with van der Waals surface area (Å²) < 4.78 is 14.6. The van der Waals surface area contributed by atoms with E-state index in [-0.39, 0.29) is 17.9 Å². The first-order chi connectivity index (χ1) is 15.8. The van der Waals surface area contributed by atoms with E-state index in [1.807, 2.05) is 67.3 Å². The van der Waals surface area contributed by atoms with Gasteiger partial charge in [0, 0.05) is 26.2 Å². The van der Waals surface area contributed by atoms with Crippen LogP contribution in [0.5, 0.6) is 0 Å². The van der Waals surface area contributed by atoms with Gasteiger partial charge < -0.3 is 14.7 Å². The molecule has 176 valence electrons. The molecule has 1 saturated heterocycles. The van der Waals surface area contributed by atoms with E-state index in [1.54, 1.807) is 17.0 Å². The second-order valence-corrected chi connectivity index (χ2v) is 9.03. The van der Waals surface area contributed by atoms with Gasteiger partial charge in [-0.2, -0.15) is 0 Å². The highest BCUT2D eigenvalue weighted by atomic mass is 19.1. The van der Waals surface area contributed by atoms with Crippen LogP contribution in [0.4, 0.5) is 4.39 Å². The summed E-state index contributed by atoms with van der Waals surface area (Å²) in [5.74, 6) is -0.976. The molecule has 3 rings (SSSR count). The Labute approximate surface area is 196 Å². The van der Waals surface area contributed by atoms with Gasteiger partial charge in [-0.1, -0.05) is 60.7 Å². The lowest BCUT2D eigenvalue weighted by molar-refractivity contribution is -0.135. The van der Waals surface area contributed by atoms with Crippen molar-refractivity contribution in [3.63, 3.8) is 0 Å². The van der Waals surface area contributed by atoms with E-state index in [0.717, 1.165) is 19.3 Å². The highest BCUT2D eigenvalue weighted by molar-refractivity contribution is 5.95. The van der Waals surface area contributed by atoms with Crippen molar-refractivity contribution in [3.8, 4) is 0 Å². The molecule has 0 bridgehead atoms. The Morgan fingerprint density at radius 3 is 2.15 bits per heavy atom. The molecule has 1 aliphatic heterocycles. The van der Waals surface area contributed by atoms with Crippen molar-refractivity contribution >= 4 is 17.9 Å². The van der Waals surface area contributed by atoms with Crippen LogP contribution in [-0.4, -0.2) is 73.3 Å². The highest BCUT2D eigenvalue weighted by Gasteiger charge is 2.33. The molecule has 0 unspecified atom stereocenters. The van der Waals surface area contributed by atoms with Gasteiger partial charge in [0.1, 0.15) is 0 Å².